The monoisotopic (exact) mass is 311 g/mol. The van der Waals surface area contributed by atoms with Crippen molar-refractivity contribution in [3.05, 3.63) is 28.8 Å². The second kappa shape index (κ2) is 7.43. The van der Waals surface area contributed by atoms with E-state index in [2.05, 4.69) is 10.6 Å². The summed E-state index contributed by atoms with van der Waals surface area (Å²) >= 11 is 5.98. The Hall–Kier alpha value is -1.59. The first kappa shape index (κ1) is 17.5. The van der Waals surface area contributed by atoms with E-state index >= 15 is 0 Å². The molecule has 1 rings (SSSR count). The highest BCUT2D eigenvalue weighted by Gasteiger charge is 2.33. The summed E-state index contributed by atoms with van der Waals surface area (Å²) in [4.78, 5) is 24.1. The molecule has 6 heteroatoms. The Bertz CT molecular complexity index is 519. The predicted octanol–water partition coefficient (Wildman–Crippen LogP) is 2.40. The molecule has 0 aliphatic carbocycles. The fourth-order valence-corrected chi connectivity index (χ4v) is 2.33. The lowest BCUT2D eigenvalue weighted by Gasteiger charge is -2.28. The Balaban J connectivity index is 3.03. The van der Waals surface area contributed by atoms with Gasteiger partial charge in [0.25, 0.3) is 5.91 Å². The number of anilines is 1. The molecule has 0 unspecified atom stereocenters. The molecule has 21 heavy (non-hydrogen) atoms. The van der Waals surface area contributed by atoms with Crippen LogP contribution in [0.25, 0.3) is 0 Å². The molecule has 0 fully saturated rings. The Morgan fingerprint density at radius 3 is 2.38 bits per heavy atom. The molecule has 0 aliphatic heterocycles. The molecule has 0 heterocycles. The molecule has 0 aliphatic rings. The number of rotatable bonds is 6. The molecule has 0 bridgehead atoms. The van der Waals surface area contributed by atoms with Crippen LogP contribution in [0.4, 0.5) is 5.69 Å². The molecular weight excluding hydrogens is 290 g/mol. The van der Waals surface area contributed by atoms with Crippen LogP contribution in [0.1, 0.15) is 37.0 Å². The van der Waals surface area contributed by atoms with Gasteiger partial charge in [0.2, 0.25) is 5.91 Å². The van der Waals surface area contributed by atoms with Crippen molar-refractivity contribution in [1.29, 1.82) is 0 Å². The van der Waals surface area contributed by atoms with Crippen molar-refractivity contribution in [2.45, 2.75) is 26.7 Å². The van der Waals surface area contributed by atoms with Crippen LogP contribution in [0.5, 0.6) is 0 Å². The van der Waals surface area contributed by atoms with Crippen LogP contribution in [-0.4, -0.2) is 25.4 Å². The largest absolute Gasteiger partial charge is 0.355 e. The number of nitrogens with one attached hydrogen (secondary N) is 2. The zero-order valence-electron chi connectivity index (χ0n) is 12.6. The SMILES string of the molecule is CCC(CC)(CN)C(=O)Nc1ccc(Cl)c(C(=O)NC)c1. The van der Waals surface area contributed by atoms with Gasteiger partial charge in [0.05, 0.1) is 16.0 Å². The van der Waals surface area contributed by atoms with Gasteiger partial charge in [0, 0.05) is 19.3 Å². The van der Waals surface area contributed by atoms with Crippen LogP contribution in [0.2, 0.25) is 5.02 Å². The zero-order valence-corrected chi connectivity index (χ0v) is 13.4. The topological polar surface area (TPSA) is 84.2 Å². The first-order valence-electron chi connectivity index (χ1n) is 6.97. The number of nitrogens with two attached hydrogens (primary N) is 1. The summed E-state index contributed by atoms with van der Waals surface area (Å²) in [5.74, 6) is -0.438. The van der Waals surface area contributed by atoms with Crippen molar-refractivity contribution < 1.29 is 9.59 Å². The van der Waals surface area contributed by atoms with Crippen LogP contribution < -0.4 is 16.4 Å². The summed E-state index contributed by atoms with van der Waals surface area (Å²) in [5.41, 5.74) is 6.02. The van der Waals surface area contributed by atoms with Crippen LogP contribution in [0.15, 0.2) is 18.2 Å². The van der Waals surface area contributed by atoms with Crippen LogP contribution in [0, 0.1) is 5.41 Å². The molecule has 0 radical (unpaired) electrons. The van der Waals surface area contributed by atoms with Gasteiger partial charge in [-0.25, -0.2) is 0 Å². The minimum absolute atomic E-state index is 0.139. The quantitative estimate of drug-likeness (QED) is 0.754. The molecule has 0 saturated carbocycles. The van der Waals surface area contributed by atoms with Gasteiger partial charge < -0.3 is 16.4 Å². The third-order valence-corrected chi connectivity index (χ3v) is 4.25. The number of carbonyl (C=O) groups excluding carboxylic acids is 2. The smallest absolute Gasteiger partial charge is 0.252 e. The van der Waals surface area contributed by atoms with E-state index in [-0.39, 0.29) is 18.4 Å². The lowest BCUT2D eigenvalue weighted by Crippen LogP contribution is -2.41. The zero-order chi connectivity index (χ0) is 16.0. The first-order chi connectivity index (χ1) is 9.93. The summed E-state index contributed by atoms with van der Waals surface area (Å²) in [6.07, 6.45) is 1.31. The Morgan fingerprint density at radius 1 is 1.29 bits per heavy atom. The summed E-state index contributed by atoms with van der Waals surface area (Å²) < 4.78 is 0. The summed E-state index contributed by atoms with van der Waals surface area (Å²) in [6, 6.07) is 4.81. The van der Waals surface area contributed by atoms with E-state index < -0.39 is 5.41 Å². The maximum atomic E-state index is 12.4. The van der Waals surface area contributed by atoms with Crippen LogP contribution in [0.3, 0.4) is 0 Å². The van der Waals surface area contributed by atoms with Gasteiger partial charge in [-0.05, 0) is 31.0 Å². The van der Waals surface area contributed by atoms with E-state index in [1.54, 1.807) is 18.2 Å². The van der Waals surface area contributed by atoms with Crippen molar-refractivity contribution in [2.24, 2.45) is 11.1 Å². The minimum atomic E-state index is -0.590. The molecular formula is C15H22ClN3O2. The Labute approximate surface area is 130 Å². The van der Waals surface area contributed by atoms with Gasteiger partial charge in [-0.3, -0.25) is 9.59 Å². The standard InChI is InChI=1S/C15H22ClN3O2/c1-4-15(5-2,9-17)14(21)19-10-6-7-12(16)11(8-10)13(20)18-3/h6-8H,4-5,9,17H2,1-3H3,(H,18,20)(H,19,21). The fraction of sp³-hybridized carbons (Fsp3) is 0.467. The lowest BCUT2D eigenvalue weighted by atomic mass is 9.81. The molecule has 0 saturated heterocycles. The first-order valence-corrected chi connectivity index (χ1v) is 7.35. The third kappa shape index (κ3) is 3.74. The fourth-order valence-electron chi connectivity index (χ4n) is 2.13. The van der Waals surface area contributed by atoms with Crippen molar-refractivity contribution in [1.82, 2.24) is 5.32 Å². The number of carbonyl (C=O) groups is 2. The van der Waals surface area contributed by atoms with Crippen molar-refractivity contribution in [3.63, 3.8) is 0 Å². The van der Waals surface area contributed by atoms with E-state index in [0.717, 1.165) is 0 Å². The maximum absolute atomic E-state index is 12.4. The Morgan fingerprint density at radius 2 is 1.90 bits per heavy atom. The minimum Gasteiger partial charge on any atom is -0.355 e. The Kier molecular flexibility index (Phi) is 6.18. The van der Waals surface area contributed by atoms with E-state index in [9.17, 15) is 9.59 Å². The van der Waals surface area contributed by atoms with Gasteiger partial charge in [0.1, 0.15) is 0 Å². The van der Waals surface area contributed by atoms with Gasteiger partial charge in [-0.1, -0.05) is 25.4 Å². The molecule has 1 aromatic carbocycles. The summed E-state index contributed by atoms with van der Waals surface area (Å²) in [7, 11) is 1.53. The molecule has 0 atom stereocenters. The predicted molar refractivity (Wildman–Crippen MR) is 85.5 cm³/mol. The second-order valence-corrected chi connectivity index (χ2v) is 5.33. The summed E-state index contributed by atoms with van der Waals surface area (Å²) in [6.45, 7) is 4.16. The molecule has 2 amide bonds. The normalized spacial score (nSPS) is 11.1. The number of halogens is 1. The number of hydrogen-bond acceptors (Lipinski definition) is 3. The van der Waals surface area contributed by atoms with Gasteiger partial charge in [0.15, 0.2) is 0 Å². The molecule has 116 valence electrons. The van der Waals surface area contributed by atoms with Crippen LogP contribution in [-0.2, 0) is 4.79 Å². The highest BCUT2D eigenvalue weighted by molar-refractivity contribution is 6.34. The van der Waals surface area contributed by atoms with E-state index in [0.29, 0.717) is 29.1 Å². The third-order valence-electron chi connectivity index (χ3n) is 3.92. The van der Waals surface area contributed by atoms with Gasteiger partial charge in [-0.2, -0.15) is 0 Å². The highest BCUT2D eigenvalue weighted by atomic mass is 35.5. The molecule has 4 N–H and O–H groups in total. The summed E-state index contributed by atoms with van der Waals surface area (Å²) in [5, 5.41) is 5.67. The van der Waals surface area contributed by atoms with Crippen molar-refractivity contribution >= 4 is 29.1 Å². The molecule has 5 nitrogen and oxygen atoms in total. The van der Waals surface area contributed by atoms with E-state index in [1.165, 1.54) is 7.05 Å². The maximum Gasteiger partial charge on any atom is 0.252 e. The highest BCUT2D eigenvalue weighted by Crippen LogP contribution is 2.28. The van der Waals surface area contributed by atoms with Crippen molar-refractivity contribution in [2.75, 3.05) is 18.9 Å². The van der Waals surface area contributed by atoms with Gasteiger partial charge >= 0.3 is 0 Å². The molecule has 0 aromatic heterocycles. The van der Waals surface area contributed by atoms with E-state index in [1.807, 2.05) is 13.8 Å². The average molecular weight is 312 g/mol. The second-order valence-electron chi connectivity index (χ2n) is 4.92. The number of hydrogen-bond donors (Lipinski definition) is 3. The van der Waals surface area contributed by atoms with Gasteiger partial charge in [-0.15, -0.1) is 0 Å². The lowest BCUT2D eigenvalue weighted by molar-refractivity contribution is -0.125. The van der Waals surface area contributed by atoms with E-state index in [4.69, 9.17) is 17.3 Å². The van der Waals surface area contributed by atoms with Crippen molar-refractivity contribution in [3.8, 4) is 0 Å². The number of amides is 2. The number of benzene rings is 1. The average Bonchev–Trinajstić information content (AvgIpc) is 2.50. The van der Waals surface area contributed by atoms with Crippen LogP contribution >= 0.6 is 11.6 Å². The molecule has 1 aromatic rings. The molecule has 0 spiro atoms.